The number of carbonyl (C=O) groups excluding carboxylic acids is 1. The fourth-order valence-corrected chi connectivity index (χ4v) is 1.50. The fraction of sp³-hybridized carbons (Fsp3) is 0.923. The largest absolute Gasteiger partial charge is 0.355 e. The molecule has 0 saturated carbocycles. The normalized spacial score (nSPS) is 12.7. The first kappa shape index (κ1) is 17.4. The molecule has 5 heteroatoms. The monoisotopic (exact) mass is 260 g/mol. The standard InChI is InChI=1S/C13H28N2O3/c1-5-9-15-13(16)11(4)14-10-8-12(17-6-2)18-7-3/h11-12,14H,5-10H2,1-4H3,(H,15,16). The van der Waals surface area contributed by atoms with Crippen LogP contribution in [0.1, 0.15) is 40.5 Å². The SMILES string of the molecule is CCCNC(=O)C(C)NCCC(OCC)OCC. The van der Waals surface area contributed by atoms with Crippen LogP contribution in [0.5, 0.6) is 0 Å². The lowest BCUT2D eigenvalue weighted by molar-refractivity contribution is -0.139. The Hall–Kier alpha value is -0.650. The van der Waals surface area contributed by atoms with E-state index in [1.54, 1.807) is 0 Å². The average molecular weight is 260 g/mol. The highest BCUT2D eigenvalue weighted by Crippen LogP contribution is 2.00. The molecule has 0 saturated heterocycles. The van der Waals surface area contributed by atoms with Crippen LogP contribution < -0.4 is 10.6 Å². The van der Waals surface area contributed by atoms with Gasteiger partial charge >= 0.3 is 0 Å². The van der Waals surface area contributed by atoms with Gasteiger partial charge in [0.1, 0.15) is 0 Å². The summed E-state index contributed by atoms with van der Waals surface area (Å²) in [6, 6.07) is -0.180. The lowest BCUT2D eigenvalue weighted by atomic mass is 10.3. The maximum absolute atomic E-state index is 11.6. The minimum atomic E-state index is -0.182. The molecule has 0 fully saturated rings. The highest BCUT2D eigenvalue weighted by Gasteiger charge is 2.13. The summed E-state index contributed by atoms with van der Waals surface area (Å²) >= 11 is 0. The number of carbonyl (C=O) groups is 1. The number of nitrogens with one attached hydrogen (secondary N) is 2. The van der Waals surface area contributed by atoms with E-state index in [0.717, 1.165) is 19.4 Å². The first-order valence-corrected chi connectivity index (χ1v) is 6.89. The predicted octanol–water partition coefficient (Wildman–Crippen LogP) is 1.28. The van der Waals surface area contributed by atoms with Crippen LogP contribution >= 0.6 is 0 Å². The third-order valence-corrected chi connectivity index (χ3v) is 2.48. The lowest BCUT2D eigenvalue weighted by Gasteiger charge is -2.19. The number of hydrogen-bond donors (Lipinski definition) is 2. The van der Waals surface area contributed by atoms with Gasteiger partial charge in [-0.15, -0.1) is 0 Å². The Labute approximate surface area is 111 Å². The Morgan fingerprint density at radius 3 is 2.22 bits per heavy atom. The van der Waals surface area contributed by atoms with Crippen molar-refractivity contribution in [2.24, 2.45) is 0 Å². The third-order valence-electron chi connectivity index (χ3n) is 2.48. The Morgan fingerprint density at radius 1 is 1.11 bits per heavy atom. The van der Waals surface area contributed by atoms with Gasteiger partial charge in [-0.25, -0.2) is 0 Å². The second-order valence-corrected chi connectivity index (χ2v) is 4.10. The van der Waals surface area contributed by atoms with E-state index in [0.29, 0.717) is 19.8 Å². The first-order valence-electron chi connectivity index (χ1n) is 6.89. The molecule has 0 rings (SSSR count). The Kier molecular flexibility index (Phi) is 11.0. The van der Waals surface area contributed by atoms with E-state index in [4.69, 9.17) is 9.47 Å². The van der Waals surface area contributed by atoms with E-state index in [2.05, 4.69) is 10.6 Å². The van der Waals surface area contributed by atoms with E-state index in [1.165, 1.54) is 0 Å². The molecule has 1 amide bonds. The van der Waals surface area contributed by atoms with Gasteiger partial charge in [-0.05, 0) is 27.2 Å². The van der Waals surface area contributed by atoms with Gasteiger partial charge in [0.05, 0.1) is 6.04 Å². The summed E-state index contributed by atoms with van der Waals surface area (Å²) in [6.45, 7) is 10.5. The molecule has 0 spiro atoms. The smallest absolute Gasteiger partial charge is 0.236 e. The van der Waals surface area contributed by atoms with Gasteiger partial charge in [-0.2, -0.15) is 0 Å². The Bertz CT molecular complexity index is 206. The molecule has 0 aliphatic heterocycles. The highest BCUT2D eigenvalue weighted by molar-refractivity contribution is 5.81. The zero-order chi connectivity index (χ0) is 13.8. The summed E-state index contributed by atoms with van der Waals surface area (Å²) in [4.78, 5) is 11.6. The fourth-order valence-electron chi connectivity index (χ4n) is 1.50. The van der Waals surface area contributed by atoms with Gasteiger partial charge in [-0.3, -0.25) is 4.79 Å². The third kappa shape index (κ3) is 8.44. The van der Waals surface area contributed by atoms with Crippen LogP contribution in [0.15, 0.2) is 0 Å². The van der Waals surface area contributed by atoms with E-state index in [1.807, 2.05) is 27.7 Å². The molecule has 18 heavy (non-hydrogen) atoms. The van der Waals surface area contributed by atoms with Gasteiger partial charge in [0, 0.05) is 32.7 Å². The maximum atomic E-state index is 11.6. The van der Waals surface area contributed by atoms with Crippen molar-refractivity contribution in [2.75, 3.05) is 26.3 Å². The lowest BCUT2D eigenvalue weighted by Crippen LogP contribution is -2.43. The van der Waals surface area contributed by atoms with Crippen molar-refractivity contribution in [1.82, 2.24) is 10.6 Å². The minimum Gasteiger partial charge on any atom is -0.355 e. The molecule has 1 atom stereocenters. The molecule has 1 unspecified atom stereocenters. The molecule has 0 radical (unpaired) electrons. The molecular weight excluding hydrogens is 232 g/mol. The molecule has 0 bridgehead atoms. The van der Waals surface area contributed by atoms with Crippen LogP contribution in [0.25, 0.3) is 0 Å². The van der Waals surface area contributed by atoms with Crippen molar-refractivity contribution in [1.29, 1.82) is 0 Å². The molecule has 0 heterocycles. The van der Waals surface area contributed by atoms with E-state index >= 15 is 0 Å². The van der Waals surface area contributed by atoms with Crippen LogP contribution in [0.3, 0.4) is 0 Å². The number of amides is 1. The van der Waals surface area contributed by atoms with Crippen molar-refractivity contribution < 1.29 is 14.3 Å². The predicted molar refractivity (Wildman–Crippen MR) is 72.4 cm³/mol. The molecule has 0 aliphatic rings. The maximum Gasteiger partial charge on any atom is 0.236 e. The molecule has 0 aromatic carbocycles. The molecule has 0 aromatic rings. The summed E-state index contributed by atoms with van der Waals surface area (Å²) < 4.78 is 10.9. The van der Waals surface area contributed by atoms with Crippen molar-refractivity contribution in [3.8, 4) is 0 Å². The molecular formula is C13H28N2O3. The Balaban J connectivity index is 3.75. The van der Waals surface area contributed by atoms with Crippen molar-refractivity contribution in [3.63, 3.8) is 0 Å². The Morgan fingerprint density at radius 2 is 1.72 bits per heavy atom. The molecule has 0 aromatic heterocycles. The second kappa shape index (κ2) is 11.4. The molecule has 108 valence electrons. The zero-order valence-corrected chi connectivity index (χ0v) is 12.1. The number of ether oxygens (including phenoxy) is 2. The van der Waals surface area contributed by atoms with Gasteiger partial charge in [0.25, 0.3) is 0 Å². The van der Waals surface area contributed by atoms with Gasteiger partial charge in [-0.1, -0.05) is 6.92 Å². The molecule has 5 nitrogen and oxygen atoms in total. The van der Waals surface area contributed by atoms with Crippen LogP contribution in [-0.4, -0.2) is 44.5 Å². The number of hydrogen-bond acceptors (Lipinski definition) is 4. The summed E-state index contributed by atoms with van der Waals surface area (Å²) in [5.41, 5.74) is 0. The second-order valence-electron chi connectivity index (χ2n) is 4.10. The quantitative estimate of drug-likeness (QED) is 0.549. The minimum absolute atomic E-state index is 0.0428. The van der Waals surface area contributed by atoms with Crippen LogP contribution in [0.4, 0.5) is 0 Å². The summed E-state index contributed by atoms with van der Waals surface area (Å²) in [5.74, 6) is 0.0428. The topological polar surface area (TPSA) is 59.6 Å². The highest BCUT2D eigenvalue weighted by atomic mass is 16.7. The number of rotatable bonds is 11. The molecule has 0 aliphatic carbocycles. The molecule has 2 N–H and O–H groups in total. The van der Waals surface area contributed by atoms with E-state index in [9.17, 15) is 4.79 Å². The average Bonchev–Trinajstić information content (AvgIpc) is 2.36. The first-order chi connectivity index (χ1) is 8.65. The van der Waals surface area contributed by atoms with Crippen LogP contribution in [0.2, 0.25) is 0 Å². The summed E-state index contributed by atoms with van der Waals surface area (Å²) in [5, 5.41) is 6.02. The van der Waals surface area contributed by atoms with Crippen LogP contribution in [0, 0.1) is 0 Å². The van der Waals surface area contributed by atoms with Crippen molar-refractivity contribution in [3.05, 3.63) is 0 Å². The van der Waals surface area contributed by atoms with Crippen molar-refractivity contribution >= 4 is 5.91 Å². The van der Waals surface area contributed by atoms with E-state index in [-0.39, 0.29) is 18.2 Å². The van der Waals surface area contributed by atoms with E-state index < -0.39 is 0 Å². The van der Waals surface area contributed by atoms with Crippen molar-refractivity contribution in [2.45, 2.75) is 52.9 Å². The summed E-state index contributed by atoms with van der Waals surface area (Å²) in [6.07, 6.45) is 1.51. The van der Waals surface area contributed by atoms with Gasteiger partial charge < -0.3 is 20.1 Å². The van der Waals surface area contributed by atoms with Gasteiger partial charge in [0.2, 0.25) is 5.91 Å². The zero-order valence-electron chi connectivity index (χ0n) is 12.1. The van der Waals surface area contributed by atoms with Gasteiger partial charge in [0.15, 0.2) is 6.29 Å². The summed E-state index contributed by atoms with van der Waals surface area (Å²) in [7, 11) is 0. The van der Waals surface area contributed by atoms with Crippen LogP contribution in [-0.2, 0) is 14.3 Å².